The van der Waals surface area contributed by atoms with Crippen LogP contribution in [0.1, 0.15) is 31.2 Å². The van der Waals surface area contributed by atoms with Gasteiger partial charge in [-0.1, -0.05) is 22.4 Å². The van der Waals surface area contributed by atoms with Gasteiger partial charge >= 0.3 is 0 Å². The summed E-state index contributed by atoms with van der Waals surface area (Å²) in [4.78, 5) is 0. The van der Waals surface area contributed by atoms with E-state index in [-0.39, 0.29) is 0 Å². The van der Waals surface area contributed by atoms with E-state index < -0.39 is 0 Å². The van der Waals surface area contributed by atoms with E-state index in [1.165, 1.54) is 25.7 Å². The van der Waals surface area contributed by atoms with E-state index >= 15 is 0 Å². The first kappa shape index (κ1) is 12.8. The van der Waals surface area contributed by atoms with Gasteiger partial charge in [-0.05, 0) is 55.2 Å². The highest BCUT2D eigenvalue weighted by Gasteiger charge is 2.39. The minimum absolute atomic E-state index is 0.505. The van der Waals surface area contributed by atoms with Crippen LogP contribution in [-0.4, -0.2) is 6.61 Å². The van der Waals surface area contributed by atoms with Crippen molar-refractivity contribution in [1.82, 2.24) is 0 Å². The Morgan fingerprint density at radius 2 is 2.17 bits per heavy atom. The quantitative estimate of drug-likeness (QED) is 0.706. The lowest BCUT2D eigenvalue weighted by Gasteiger charge is -2.22. The first-order chi connectivity index (χ1) is 8.76. The summed E-state index contributed by atoms with van der Waals surface area (Å²) in [6, 6.07) is 6.09. The third-order valence-electron chi connectivity index (χ3n) is 4.50. The van der Waals surface area contributed by atoms with Crippen LogP contribution in [0.3, 0.4) is 0 Å². The molecule has 0 radical (unpaired) electrons. The van der Waals surface area contributed by atoms with Crippen molar-refractivity contribution in [2.24, 2.45) is 17.8 Å². The molecule has 18 heavy (non-hydrogen) atoms. The van der Waals surface area contributed by atoms with Crippen molar-refractivity contribution in [2.75, 3.05) is 6.61 Å². The van der Waals surface area contributed by atoms with Gasteiger partial charge in [0.1, 0.15) is 5.75 Å². The van der Waals surface area contributed by atoms with Crippen LogP contribution >= 0.6 is 27.5 Å². The summed E-state index contributed by atoms with van der Waals surface area (Å²) in [5.41, 5.74) is 1.08. The fraction of sp³-hybridized carbons (Fsp3) is 0.600. The number of rotatable bonds is 4. The van der Waals surface area contributed by atoms with E-state index in [4.69, 9.17) is 16.3 Å². The highest BCUT2D eigenvalue weighted by Crippen LogP contribution is 2.48. The zero-order valence-corrected chi connectivity index (χ0v) is 12.7. The van der Waals surface area contributed by atoms with Crippen LogP contribution in [0, 0.1) is 17.8 Å². The third kappa shape index (κ3) is 2.55. The van der Waals surface area contributed by atoms with Crippen molar-refractivity contribution in [3.05, 3.63) is 28.2 Å². The molecule has 1 aromatic carbocycles. The molecule has 0 aliphatic heterocycles. The van der Waals surface area contributed by atoms with E-state index in [2.05, 4.69) is 15.9 Å². The number of benzene rings is 1. The molecule has 2 bridgehead atoms. The van der Waals surface area contributed by atoms with Gasteiger partial charge in [0.15, 0.2) is 0 Å². The van der Waals surface area contributed by atoms with Crippen LogP contribution in [0.2, 0.25) is 0 Å². The summed E-state index contributed by atoms with van der Waals surface area (Å²) >= 11 is 9.43. The first-order valence-corrected chi connectivity index (χ1v) is 8.06. The second-order valence-corrected chi connectivity index (χ2v) is 6.81. The van der Waals surface area contributed by atoms with E-state index in [0.717, 1.165) is 40.1 Å². The Bertz CT molecular complexity index is 435. The maximum Gasteiger partial charge on any atom is 0.123 e. The minimum Gasteiger partial charge on any atom is -0.493 e. The molecule has 0 heterocycles. The Morgan fingerprint density at radius 3 is 2.83 bits per heavy atom. The summed E-state index contributed by atoms with van der Waals surface area (Å²) in [7, 11) is 0. The lowest BCUT2D eigenvalue weighted by atomic mass is 9.89. The fourth-order valence-electron chi connectivity index (χ4n) is 3.57. The predicted octanol–water partition coefficient (Wildman–Crippen LogP) is 5.00. The molecule has 0 N–H and O–H groups in total. The number of ether oxygens (including phenoxy) is 1. The molecule has 0 amide bonds. The van der Waals surface area contributed by atoms with Gasteiger partial charge in [0.2, 0.25) is 0 Å². The summed E-state index contributed by atoms with van der Waals surface area (Å²) in [6.07, 6.45) is 5.68. The predicted molar refractivity (Wildman–Crippen MR) is 78.1 cm³/mol. The van der Waals surface area contributed by atoms with Gasteiger partial charge in [-0.15, -0.1) is 11.6 Å². The van der Waals surface area contributed by atoms with E-state index in [1.807, 2.05) is 18.2 Å². The van der Waals surface area contributed by atoms with Crippen molar-refractivity contribution >= 4 is 27.5 Å². The largest absolute Gasteiger partial charge is 0.493 e. The van der Waals surface area contributed by atoms with Crippen LogP contribution in [0.4, 0.5) is 0 Å². The van der Waals surface area contributed by atoms with Gasteiger partial charge in [0.05, 0.1) is 12.5 Å². The summed E-state index contributed by atoms with van der Waals surface area (Å²) in [6.45, 7) is 0.868. The van der Waals surface area contributed by atoms with Gasteiger partial charge in [-0.3, -0.25) is 0 Å². The second-order valence-electron chi connectivity index (χ2n) is 5.63. The lowest BCUT2D eigenvalue weighted by Crippen LogP contribution is -2.18. The zero-order valence-electron chi connectivity index (χ0n) is 10.4. The molecule has 2 fully saturated rings. The van der Waals surface area contributed by atoms with Crippen LogP contribution in [0.25, 0.3) is 0 Å². The normalized spacial score (nSPS) is 29.8. The molecule has 3 heteroatoms. The molecular formula is C15H18BrClO. The molecule has 3 atom stereocenters. The number of alkyl halides is 1. The highest BCUT2D eigenvalue weighted by molar-refractivity contribution is 9.10. The molecule has 2 aliphatic carbocycles. The van der Waals surface area contributed by atoms with Crippen molar-refractivity contribution in [3.63, 3.8) is 0 Å². The molecule has 0 saturated heterocycles. The summed E-state index contributed by atoms with van der Waals surface area (Å²) in [5.74, 6) is 4.14. The monoisotopic (exact) mass is 328 g/mol. The molecule has 1 aromatic rings. The first-order valence-electron chi connectivity index (χ1n) is 6.73. The number of hydrogen-bond donors (Lipinski definition) is 0. The molecule has 2 aliphatic rings. The highest BCUT2D eigenvalue weighted by atomic mass is 79.9. The standard InChI is InChI=1S/C15H18BrClO/c16-14-3-4-15(12(7-14)8-17)18-9-13-6-10-1-2-11(13)5-10/h3-4,7,10-11,13H,1-2,5-6,8-9H2. The summed E-state index contributed by atoms with van der Waals surface area (Å²) < 4.78 is 7.07. The molecule has 1 nitrogen and oxygen atoms in total. The molecule has 0 spiro atoms. The molecule has 3 unspecified atom stereocenters. The van der Waals surface area contributed by atoms with Gasteiger partial charge in [0.25, 0.3) is 0 Å². The maximum atomic E-state index is 6.01. The fourth-order valence-corrected chi connectivity index (χ4v) is 4.19. The van der Waals surface area contributed by atoms with Crippen molar-refractivity contribution in [1.29, 1.82) is 0 Å². The molecular weight excluding hydrogens is 312 g/mol. The molecule has 3 rings (SSSR count). The second kappa shape index (κ2) is 5.42. The van der Waals surface area contributed by atoms with Gasteiger partial charge in [-0.25, -0.2) is 0 Å². The third-order valence-corrected chi connectivity index (χ3v) is 5.29. The average molecular weight is 330 g/mol. The average Bonchev–Trinajstić information content (AvgIpc) is 2.99. The Morgan fingerprint density at radius 1 is 1.28 bits per heavy atom. The SMILES string of the molecule is ClCc1cc(Br)ccc1OCC1CC2CCC1C2. The Balaban J connectivity index is 1.63. The number of hydrogen-bond acceptors (Lipinski definition) is 1. The Labute approximate surface area is 122 Å². The smallest absolute Gasteiger partial charge is 0.123 e. The van der Waals surface area contributed by atoms with Crippen LogP contribution < -0.4 is 4.74 Å². The van der Waals surface area contributed by atoms with Gasteiger partial charge in [0, 0.05) is 10.0 Å². The topological polar surface area (TPSA) is 9.23 Å². The molecule has 2 saturated carbocycles. The van der Waals surface area contributed by atoms with Crippen LogP contribution in [0.5, 0.6) is 5.75 Å². The van der Waals surface area contributed by atoms with Crippen molar-refractivity contribution < 1.29 is 4.74 Å². The number of halogens is 2. The van der Waals surface area contributed by atoms with Crippen molar-refractivity contribution in [2.45, 2.75) is 31.6 Å². The minimum atomic E-state index is 0.505. The van der Waals surface area contributed by atoms with E-state index in [0.29, 0.717) is 5.88 Å². The van der Waals surface area contributed by atoms with Gasteiger partial charge in [-0.2, -0.15) is 0 Å². The van der Waals surface area contributed by atoms with Crippen LogP contribution in [-0.2, 0) is 5.88 Å². The van der Waals surface area contributed by atoms with E-state index in [9.17, 15) is 0 Å². The Hall–Kier alpha value is -0.210. The van der Waals surface area contributed by atoms with Gasteiger partial charge < -0.3 is 4.74 Å². The molecule has 0 aromatic heterocycles. The molecule has 98 valence electrons. The van der Waals surface area contributed by atoms with Crippen molar-refractivity contribution in [3.8, 4) is 5.75 Å². The Kier molecular flexibility index (Phi) is 3.86. The number of fused-ring (bicyclic) bond motifs is 2. The zero-order chi connectivity index (χ0) is 12.5. The maximum absolute atomic E-state index is 6.01. The van der Waals surface area contributed by atoms with E-state index in [1.54, 1.807) is 0 Å². The van der Waals surface area contributed by atoms with Crippen LogP contribution in [0.15, 0.2) is 22.7 Å². The lowest BCUT2D eigenvalue weighted by molar-refractivity contribution is 0.194. The summed E-state index contributed by atoms with van der Waals surface area (Å²) in [5, 5.41) is 0.